The van der Waals surface area contributed by atoms with Gasteiger partial charge in [0.1, 0.15) is 36.2 Å². The molecule has 0 fully saturated rings. The average Bonchev–Trinajstić information content (AvgIpc) is 3.18. The SMILES string of the molecule is CCCCCCCCCCCCOc1ccc2c(c1)-c1c(ccc3c4c(ccc13)COc1ccc(OCCCCCCCCCCCC)cc1-4)CO2. The maximum atomic E-state index is 6.32. The Balaban J connectivity index is 1.08. The van der Waals surface area contributed by atoms with Crippen molar-refractivity contribution in [3.63, 3.8) is 0 Å². The number of fused-ring (bicyclic) bond motifs is 9. The van der Waals surface area contributed by atoms with Crippen molar-refractivity contribution in [2.75, 3.05) is 13.2 Å². The summed E-state index contributed by atoms with van der Waals surface area (Å²) in [4.78, 5) is 0. The predicted octanol–water partition coefficient (Wildman–Crippen LogP) is 14.6. The highest BCUT2D eigenvalue weighted by atomic mass is 16.5. The van der Waals surface area contributed by atoms with Gasteiger partial charge < -0.3 is 18.9 Å². The average molecular weight is 705 g/mol. The Morgan fingerprint density at radius 2 is 0.788 bits per heavy atom. The second kappa shape index (κ2) is 20.5. The summed E-state index contributed by atoms with van der Waals surface area (Å²) in [6.07, 6.45) is 26.5. The molecule has 0 aliphatic carbocycles. The van der Waals surface area contributed by atoms with Gasteiger partial charge >= 0.3 is 0 Å². The Kier molecular flexibility index (Phi) is 15.0. The van der Waals surface area contributed by atoms with E-state index < -0.39 is 0 Å². The minimum absolute atomic E-state index is 0.574. The fourth-order valence-corrected chi connectivity index (χ4v) is 8.08. The molecule has 4 nitrogen and oxygen atoms in total. The molecule has 2 heterocycles. The molecule has 0 radical (unpaired) electrons. The summed E-state index contributed by atoms with van der Waals surface area (Å²) in [5.41, 5.74) is 7.18. The van der Waals surface area contributed by atoms with Gasteiger partial charge in [0.2, 0.25) is 0 Å². The molecule has 0 amide bonds. The van der Waals surface area contributed by atoms with Crippen LogP contribution >= 0.6 is 0 Å². The second-order valence-electron chi connectivity index (χ2n) is 15.2. The summed E-state index contributed by atoms with van der Waals surface area (Å²) in [5.74, 6) is 3.69. The van der Waals surface area contributed by atoms with Crippen LogP contribution in [-0.2, 0) is 13.2 Å². The minimum Gasteiger partial charge on any atom is -0.494 e. The molecule has 0 aromatic heterocycles. The topological polar surface area (TPSA) is 36.9 Å². The first-order valence-electron chi connectivity index (χ1n) is 21.1. The number of rotatable bonds is 24. The number of ether oxygens (including phenoxy) is 4. The highest BCUT2D eigenvalue weighted by Crippen LogP contribution is 2.48. The van der Waals surface area contributed by atoms with Crippen molar-refractivity contribution in [1.82, 2.24) is 0 Å². The third kappa shape index (κ3) is 10.3. The van der Waals surface area contributed by atoms with E-state index in [9.17, 15) is 0 Å². The summed E-state index contributed by atoms with van der Waals surface area (Å²) < 4.78 is 25.1. The summed E-state index contributed by atoms with van der Waals surface area (Å²) >= 11 is 0. The fourth-order valence-electron chi connectivity index (χ4n) is 8.08. The van der Waals surface area contributed by atoms with Gasteiger partial charge in [-0.25, -0.2) is 0 Å². The molecule has 0 N–H and O–H groups in total. The van der Waals surface area contributed by atoms with Crippen LogP contribution in [0.5, 0.6) is 23.0 Å². The molecule has 52 heavy (non-hydrogen) atoms. The van der Waals surface area contributed by atoms with Crippen LogP contribution in [0, 0.1) is 0 Å². The summed E-state index contributed by atoms with van der Waals surface area (Å²) in [7, 11) is 0. The lowest BCUT2D eigenvalue weighted by Crippen LogP contribution is -2.09. The predicted molar refractivity (Wildman–Crippen MR) is 218 cm³/mol. The van der Waals surface area contributed by atoms with Crippen molar-refractivity contribution in [1.29, 1.82) is 0 Å². The van der Waals surface area contributed by atoms with E-state index in [1.54, 1.807) is 0 Å². The monoisotopic (exact) mass is 704 g/mol. The van der Waals surface area contributed by atoms with Gasteiger partial charge in [-0.2, -0.15) is 0 Å². The van der Waals surface area contributed by atoms with E-state index in [4.69, 9.17) is 18.9 Å². The van der Waals surface area contributed by atoms with E-state index in [2.05, 4.69) is 74.5 Å². The quantitative estimate of drug-likeness (QED) is 0.0681. The molecule has 4 aromatic rings. The molecule has 4 heteroatoms. The molecular formula is C48H64O4. The van der Waals surface area contributed by atoms with Crippen molar-refractivity contribution < 1.29 is 18.9 Å². The van der Waals surface area contributed by atoms with Gasteiger partial charge in [-0.3, -0.25) is 0 Å². The van der Waals surface area contributed by atoms with Crippen LogP contribution in [0.1, 0.15) is 153 Å². The molecule has 0 saturated carbocycles. The molecule has 0 atom stereocenters. The van der Waals surface area contributed by atoms with Gasteiger partial charge in [0.05, 0.1) is 13.2 Å². The van der Waals surface area contributed by atoms with E-state index in [-0.39, 0.29) is 0 Å². The maximum Gasteiger partial charge on any atom is 0.127 e. The van der Waals surface area contributed by atoms with E-state index in [0.29, 0.717) is 13.2 Å². The first-order chi connectivity index (χ1) is 25.8. The standard InChI is InChI=1S/C48H64O4/c1-3-5-7-9-11-13-15-17-19-21-31-49-39-25-29-45-43(33-39)47-37(35-51-45)23-28-42-41(47)27-24-38-36-52-46-30-26-40(34-44(46)48(38)42)50-32-22-20-18-16-14-12-10-8-6-4-2/h23-30,33-34H,3-22,31-32,35-36H2,1-2H3. The van der Waals surface area contributed by atoms with Crippen molar-refractivity contribution in [3.05, 3.63) is 71.8 Å². The van der Waals surface area contributed by atoms with Crippen LogP contribution in [-0.4, -0.2) is 13.2 Å². The van der Waals surface area contributed by atoms with Crippen LogP contribution in [0.15, 0.2) is 60.7 Å². The van der Waals surface area contributed by atoms with E-state index >= 15 is 0 Å². The van der Waals surface area contributed by atoms with Crippen molar-refractivity contribution in [3.8, 4) is 45.3 Å². The van der Waals surface area contributed by atoms with Gasteiger partial charge in [-0.1, -0.05) is 154 Å². The van der Waals surface area contributed by atoms with Gasteiger partial charge in [0.15, 0.2) is 0 Å². The molecule has 0 unspecified atom stereocenters. The zero-order valence-electron chi connectivity index (χ0n) is 32.4. The lowest BCUT2D eigenvalue weighted by molar-refractivity contribution is 0.294. The zero-order chi connectivity index (χ0) is 35.8. The summed E-state index contributed by atoms with van der Waals surface area (Å²) in [6.45, 7) is 7.23. The van der Waals surface area contributed by atoms with Crippen molar-refractivity contribution >= 4 is 10.8 Å². The number of hydrogen-bond acceptors (Lipinski definition) is 4. The molecule has 2 aliphatic heterocycles. The lowest BCUT2D eigenvalue weighted by Gasteiger charge is -2.27. The van der Waals surface area contributed by atoms with Crippen LogP contribution in [0.3, 0.4) is 0 Å². The Bertz CT molecular complexity index is 1570. The van der Waals surface area contributed by atoms with Crippen molar-refractivity contribution in [2.24, 2.45) is 0 Å². The van der Waals surface area contributed by atoms with E-state index in [1.165, 1.54) is 149 Å². The van der Waals surface area contributed by atoms with Gasteiger partial charge in [-0.05, 0) is 82.3 Å². The number of benzene rings is 4. The third-order valence-electron chi connectivity index (χ3n) is 11.1. The van der Waals surface area contributed by atoms with E-state index in [0.717, 1.165) is 60.2 Å². The highest BCUT2D eigenvalue weighted by Gasteiger charge is 2.25. The summed E-state index contributed by atoms with van der Waals surface area (Å²) in [6, 6.07) is 21.8. The molecule has 4 aromatic carbocycles. The molecule has 6 rings (SSSR count). The first kappa shape index (κ1) is 38.1. The Morgan fingerprint density at radius 1 is 0.423 bits per heavy atom. The van der Waals surface area contributed by atoms with Crippen LogP contribution in [0.2, 0.25) is 0 Å². The first-order valence-corrected chi connectivity index (χ1v) is 21.1. The van der Waals surface area contributed by atoms with Crippen LogP contribution in [0.25, 0.3) is 33.0 Å². The van der Waals surface area contributed by atoms with E-state index in [1.807, 2.05) is 0 Å². The number of unbranched alkanes of at least 4 members (excludes halogenated alkanes) is 18. The minimum atomic E-state index is 0.574. The van der Waals surface area contributed by atoms with Crippen LogP contribution in [0.4, 0.5) is 0 Å². The zero-order valence-corrected chi connectivity index (χ0v) is 32.4. The third-order valence-corrected chi connectivity index (χ3v) is 11.1. The molecule has 2 aliphatic rings. The Morgan fingerprint density at radius 3 is 1.17 bits per heavy atom. The van der Waals surface area contributed by atoms with Crippen LogP contribution < -0.4 is 18.9 Å². The molecule has 0 spiro atoms. The largest absolute Gasteiger partial charge is 0.494 e. The molecule has 0 saturated heterocycles. The molecule has 0 bridgehead atoms. The maximum absolute atomic E-state index is 6.32. The molecule has 280 valence electrons. The molecular weight excluding hydrogens is 641 g/mol. The second-order valence-corrected chi connectivity index (χ2v) is 15.2. The normalized spacial score (nSPS) is 12.7. The Hall–Kier alpha value is -3.66. The number of hydrogen-bond donors (Lipinski definition) is 0. The van der Waals surface area contributed by atoms with Gasteiger partial charge in [0, 0.05) is 11.1 Å². The lowest BCUT2D eigenvalue weighted by atomic mass is 9.85. The summed E-state index contributed by atoms with van der Waals surface area (Å²) in [5, 5.41) is 2.49. The van der Waals surface area contributed by atoms with Crippen molar-refractivity contribution in [2.45, 2.75) is 155 Å². The fraction of sp³-hybridized carbons (Fsp3) is 0.542. The Labute approximate surface area is 314 Å². The smallest absolute Gasteiger partial charge is 0.127 e. The van der Waals surface area contributed by atoms with Gasteiger partial charge in [-0.15, -0.1) is 0 Å². The van der Waals surface area contributed by atoms with Gasteiger partial charge in [0.25, 0.3) is 0 Å². The highest BCUT2D eigenvalue weighted by molar-refractivity contribution is 6.08.